The van der Waals surface area contributed by atoms with E-state index in [1.165, 1.54) is 65.2 Å². The van der Waals surface area contributed by atoms with Gasteiger partial charge in [-0.1, -0.05) is 24.3 Å². The second-order valence-corrected chi connectivity index (χ2v) is 9.76. The highest BCUT2D eigenvalue weighted by Gasteiger charge is 2.29. The first-order valence-corrected chi connectivity index (χ1v) is 12.6. The Morgan fingerprint density at radius 3 is 2.76 bits per heavy atom. The fourth-order valence-electron chi connectivity index (χ4n) is 5.95. The third kappa shape index (κ3) is 4.16. The normalized spacial score (nSPS) is 19.4. The zero-order chi connectivity index (χ0) is 22.0. The van der Waals surface area contributed by atoms with Gasteiger partial charge in [-0.3, -0.25) is 14.9 Å². The van der Waals surface area contributed by atoms with Gasteiger partial charge in [0.2, 0.25) is 0 Å². The summed E-state index contributed by atoms with van der Waals surface area (Å²) in [7, 11) is 0. The summed E-state index contributed by atoms with van der Waals surface area (Å²) in [6.07, 6.45) is 11.4. The van der Waals surface area contributed by atoms with Crippen LogP contribution in [-0.4, -0.2) is 39.5 Å². The molecule has 1 aliphatic heterocycles. The first kappa shape index (κ1) is 20.8. The number of piperidine rings is 1. The van der Waals surface area contributed by atoms with E-state index >= 15 is 0 Å². The van der Waals surface area contributed by atoms with Gasteiger partial charge in [-0.05, 0) is 87.8 Å². The number of nitrogens with zero attached hydrogens (tertiary/aromatic N) is 3. The van der Waals surface area contributed by atoms with Crippen LogP contribution in [0.2, 0.25) is 0 Å². The Morgan fingerprint density at radius 1 is 0.909 bits per heavy atom. The van der Waals surface area contributed by atoms with Crippen molar-refractivity contribution in [1.29, 1.82) is 0 Å². The third-order valence-corrected chi connectivity index (χ3v) is 7.75. The van der Waals surface area contributed by atoms with Gasteiger partial charge in [-0.25, -0.2) is 0 Å². The lowest BCUT2D eigenvalue weighted by atomic mass is 9.89. The minimum Gasteiger partial charge on any atom is -0.353 e. The highest BCUT2D eigenvalue weighted by Crippen LogP contribution is 2.35. The summed E-state index contributed by atoms with van der Waals surface area (Å²) >= 11 is 0. The van der Waals surface area contributed by atoms with Crippen LogP contribution in [0, 0.1) is 5.92 Å². The molecular formula is C28H33N5. The Bertz CT molecular complexity index is 1240. The molecule has 33 heavy (non-hydrogen) atoms. The number of hydrogen-bond donors (Lipinski definition) is 2. The molecule has 1 unspecified atom stereocenters. The molecule has 4 heterocycles. The number of fused-ring (bicyclic) bond motifs is 4. The van der Waals surface area contributed by atoms with Crippen LogP contribution in [-0.2, 0) is 13.0 Å². The largest absolute Gasteiger partial charge is 0.353 e. The van der Waals surface area contributed by atoms with E-state index < -0.39 is 0 Å². The van der Waals surface area contributed by atoms with Crippen molar-refractivity contribution in [2.75, 3.05) is 19.6 Å². The first-order chi connectivity index (χ1) is 16.4. The van der Waals surface area contributed by atoms with Crippen molar-refractivity contribution in [3.8, 4) is 0 Å². The third-order valence-electron chi connectivity index (χ3n) is 7.75. The van der Waals surface area contributed by atoms with E-state index in [9.17, 15) is 0 Å². The van der Waals surface area contributed by atoms with Crippen molar-refractivity contribution in [3.63, 3.8) is 0 Å². The van der Waals surface area contributed by atoms with E-state index in [0.717, 1.165) is 44.2 Å². The van der Waals surface area contributed by atoms with E-state index in [1.807, 2.05) is 12.4 Å². The maximum Gasteiger partial charge on any atom is 0.0784 e. The minimum absolute atomic E-state index is 0.373. The number of para-hydroxylation sites is 1. The van der Waals surface area contributed by atoms with Crippen molar-refractivity contribution < 1.29 is 0 Å². The van der Waals surface area contributed by atoms with E-state index in [1.54, 1.807) is 0 Å². The van der Waals surface area contributed by atoms with Gasteiger partial charge in [0.1, 0.15) is 0 Å². The summed E-state index contributed by atoms with van der Waals surface area (Å²) in [6, 6.07) is 15.5. The molecule has 1 aromatic carbocycles. The molecule has 5 heteroatoms. The number of aryl methyl sites for hydroxylation is 1. The summed E-state index contributed by atoms with van der Waals surface area (Å²) < 4.78 is 0. The van der Waals surface area contributed by atoms with Crippen molar-refractivity contribution in [2.24, 2.45) is 5.92 Å². The van der Waals surface area contributed by atoms with E-state index in [2.05, 4.69) is 57.7 Å². The van der Waals surface area contributed by atoms with Gasteiger partial charge in [0.25, 0.3) is 0 Å². The number of pyridine rings is 2. The molecule has 1 atom stereocenters. The van der Waals surface area contributed by atoms with Gasteiger partial charge in [0, 0.05) is 35.2 Å². The molecule has 0 spiro atoms. The lowest BCUT2D eigenvalue weighted by Gasteiger charge is -2.36. The van der Waals surface area contributed by atoms with Crippen LogP contribution in [0.15, 0.2) is 54.9 Å². The zero-order valence-corrected chi connectivity index (χ0v) is 19.3. The smallest absolute Gasteiger partial charge is 0.0784 e. The average Bonchev–Trinajstić information content (AvgIpc) is 3.26. The quantitative estimate of drug-likeness (QED) is 0.423. The number of rotatable bonds is 6. The number of benzene rings is 1. The molecule has 4 aromatic rings. The Morgan fingerprint density at radius 2 is 1.82 bits per heavy atom. The van der Waals surface area contributed by atoms with Crippen LogP contribution in [0.5, 0.6) is 0 Å². The summed E-state index contributed by atoms with van der Waals surface area (Å²) in [5.74, 6) is 0.817. The Kier molecular flexibility index (Phi) is 5.83. The lowest BCUT2D eigenvalue weighted by molar-refractivity contribution is 0.148. The van der Waals surface area contributed by atoms with Crippen molar-refractivity contribution in [2.45, 2.75) is 51.1 Å². The fourth-order valence-corrected chi connectivity index (χ4v) is 5.95. The molecule has 5 nitrogen and oxygen atoms in total. The maximum absolute atomic E-state index is 4.88. The number of aromatic nitrogens is 3. The number of hydrogen-bond acceptors (Lipinski definition) is 4. The molecule has 1 aliphatic carbocycles. The summed E-state index contributed by atoms with van der Waals surface area (Å²) in [4.78, 5) is 16.1. The highest BCUT2D eigenvalue weighted by atomic mass is 15.2. The van der Waals surface area contributed by atoms with Gasteiger partial charge >= 0.3 is 0 Å². The molecule has 0 amide bonds. The van der Waals surface area contributed by atoms with Crippen LogP contribution in [0.3, 0.4) is 0 Å². The molecule has 2 aliphatic rings. The molecule has 1 saturated heterocycles. The molecule has 170 valence electrons. The van der Waals surface area contributed by atoms with Crippen LogP contribution >= 0.6 is 0 Å². The first-order valence-electron chi connectivity index (χ1n) is 12.6. The predicted octanol–water partition coefficient (Wildman–Crippen LogP) is 5.38. The molecule has 6 rings (SSSR count). The SMILES string of the molecule is c1cnc2c(c1)CCCC2N(CCC1CCNCC1)Cc1nccc2c1[nH]c1ccccc12. The molecule has 0 radical (unpaired) electrons. The van der Waals surface area contributed by atoms with Gasteiger partial charge in [-0.15, -0.1) is 0 Å². The lowest BCUT2D eigenvalue weighted by Crippen LogP contribution is -2.35. The van der Waals surface area contributed by atoms with Crippen LogP contribution in [0.25, 0.3) is 21.8 Å². The highest BCUT2D eigenvalue weighted by molar-refractivity contribution is 6.07. The van der Waals surface area contributed by atoms with Crippen molar-refractivity contribution >= 4 is 21.8 Å². The maximum atomic E-state index is 4.88. The predicted molar refractivity (Wildman–Crippen MR) is 134 cm³/mol. The summed E-state index contributed by atoms with van der Waals surface area (Å²) in [5.41, 5.74) is 6.24. The molecule has 1 fully saturated rings. The monoisotopic (exact) mass is 439 g/mol. The van der Waals surface area contributed by atoms with E-state index in [4.69, 9.17) is 9.97 Å². The second-order valence-electron chi connectivity index (χ2n) is 9.76. The van der Waals surface area contributed by atoms with Crippen LogP contribution < -0.4 is 5.32 Å². The average molecular weight is 440 g/mol. The van der Waals surface area contributed by atoms with Crippen molar-refractivity contribution in [1.82, 2.24) is 25.2 Å². The Hall–Kier alpha value is -2.76. The number of aromatic amines is 1. The van der Waals surface area contributed by atoms with Gasteiger partial charge in [-0.2, -0.15) is 0 Å². The van der Waals surface area contributed by atoms with Gasteiger partial charge in [0.05, 0.1) is 22.9 Å². The number of H-pyrrole nitrogens is 1. The molecular weight excluding hydrogens is 406 g/mol. The van der Waals surface area contributed by atoms with Crippen molar-refractivity contribution in [3.05, 3.63) is 71.8 Å². The second kappa shape index (κ2) is 9.24. The molecule has 0 bridgehead atoms. The van der Waals surface area contributed by atoms with E-state index in [0.29, 0.717) is 6.04 Å². The van der Waals surface area contributed by atoms with Gasteiger partial charge < -0.3 is 10.3 Å². The van der Waals surface area contributed by atoms with Gasteiger partial charge in [0.15, 0.2) is 0 Å². The summed E-state index contributed by atoms with van der Waals surface area (Å²) in [5, 5.41) is 6.07. The van der Waals surface area contributed by atoms with Crippen LogP contribution in [0.1, 0.15) is 55.1 Å². The molecule has 2 N–H and O–H groups in total. The Labute approximate surface area is 195 Å². The number of nitrogens with one attached hydrogen (secondary N) is 2. The standard InChI is InChI=1S/C28H33N5/c1-2-8-24-22(7-1)23-12-17-30-25(28(23)32-24)19-33(18-13-20-10-15-29-16-11-20)26-9-3-5-21-6-4-14-31-27(21)26/h1-2,4,6-8,12,14,17,20,26,29,32H,3,5,9-11,13,15-16,18-19H2. The topological polar surface area (TPSA) is 56.8 Å². The summed E-state index contributed by atoms with van der Waals surface area (Å²) in [6.45, 7) is 4.28. The minimum atomic E-state index is 0.373. The molecule has 3 aromatic heterocycles. The zero-order valence-electron chi connectivity index (χ0n) is 19.3. The molecule has 0 saturated carbocycles. The van der Waals surface area contributed by atoms with Crippen LogP contribution in [0.4, 0.5) is 0 Å². The Balaban J connectivity index is 1.34. The van der Waals surface area contributed by atoms with E-state index in [-0.39, 0.29) is 0 Å². The fraction of sp³-hybridized carbons (Fsp3) is 0.429.